The van der Waals surface area contributed by atoms with Gasteiger partial charge in [-0.25, -0.2) is 4.79 Å². The number of amides is 1. The molecule has 0 aromatic carbocycles. The SMILES string of the molecule is CCn1cc(C(=O)NC2(C(=O)O)CCC2)cn1. The quantitative estimate of drug-likeness (QED) is 0.804. The van der Waals surface area contributed by atoms with Crippen LogP contribution in [-0.2, 0) is 11.3 Å². The zero-order chi connectivity index (χ0) is 12.5. The van der Waals surface area contributed by atoms with Crippen LogP contribution in [0.2, 0.25) is 0 Å². The summed E-state index contributed by atoms with van der Waals surface area (Å²) in [5, 5.41) is 15.7. The number of aliphatic carboxylic acids is 1. The molecule has 6 nitrogen and oxygen atoms in total. The molecule has 1 aromatic heterocycles. The van der Waals surface area contributed by atoms with Crippen molar-refractivity contribution in [2.75, 3.05) is 0 Å². The van der Waals surface area contributed by atoms with Gasteiger partial charge in [0.05, 0.1) is 11.8 Å². The Balaban J connectivity index is 2.08. The summed E-state index contributed by atoms with van der Waals surface area (Å²) >= 11 is 0. The number of hydrogen-bond donors (Lipinski definition) is 2. The van der Waals surface area contributed by atoms with E-state index in [1.54, 1.807) is 10.9 Å². The molecule has 1 saturated carbocycles. The van der Waals surface area contributed by atoms with Crippen molar-refractivity contribution in [3.8, 4) is 0 Å². The lowest BCUT2D eigenvalue weighted by molar-refractivity contribution is -0.148. The minimum atomic E-state index is -1.06. The summed E-state index contributed by atoms with van der Waals surface area (Å²) in [5.74, 6) is -1.33. The number of nitrogens with zero attached hydrogens (tertiary/aromatic N) is 2. The van der Waals surface area contributed by atoms with Gasteiger partial charge in [-0.15, -0.1) is 0 Å². The Morgan fingerprint density at radius 2 is 2.29 bits per heavy atom. The minimum absolute atomic E-state index is 0.369. The zero-order valence-electron chi connectivity index (χ0n) is 9.64. The lowest BCUT2D eigenvalue weighted by Gasteiger charge is -2.38. The highest BCUT2D eigenvalue weighted by Gasteiger charge is 2.45. The van der Waals surface area contributed by atoms with Gasteiger partial charge in [0, 0.05) is 12.7 Å². The summed E-state index contributed by atoms with van der Waals surface area (Å²) in [6.45, 7) is 2.59. The molecule has 1 fully saturated rings. The molecule has 0 bridgehead atoms. The van der Waals surface area contributed by atoms with Gasteiger partial charge in [0.1, 0.15) is 5.54 Å². The lowest BCUT2D eigenvalue weighted by atomic mass is 9.76. The Morgan fingerprint density at radius 3 is 2.71 bits per heavy atom. The van der Waals surface area contributed by atoms with E-state index in [-0.39, 0.29) is 5.91 Å². The third-order valence-electron chi connectivity index (χ3n) is 3.19. The molecule has 0 atom stereocenters. The molecule has 1 aliphatic rings. The van der Waals surface area contributed by atoms with Gasteiger partial charge in [-0.2, -0.15) is 5.10 Å². The highest BCUT2D eigenvalue weighted by atomic mass is 16.4. The second-order valence-corrected chi connectivity index (χ2v) is 4.28. The van der Waals surface area contributed by atoms with Crippen molar-refractivity contribution in [2.24, 2.45) is 0 Å². The standard InChI is InChI=1S/C11H15N3O3/c1-2-14-7-8(6-12-14)9(15)13-11(10(16)17)4-3-5-11/h6-7H,2-5H2,1H3,(H,13,15)(H,16,17). The van der Waals surface area contributed by atoms with E-state index in [1.165, 1.54) is 6.20 Å². The molecular weight excluding hydrogens is 222 g/mol. The molecule has 17 heavy (non-hydrogen) atoms. The van der Waals surface area contributed by atoms with Crippen molar-refractivity contribution in [3.63, 3.8) is 0 Å². The summed E-state index contributed by atoms with van der Waals surface area (Å²) in [6, 6.07) is 0. The van der Waals surface area contributed by atoms with Gasteiger partial charge in [0.15, 0.2) is 0 Å². The number of carbonyl (C=O) groups is 2. The van der Waals surface area contributed by atoms with Crippen LogP contribution in [0.5, 0.6) is 0 Å². The molecule has 0 aliphatic heterocycles. The van der Waals surface area contributed by atoms with Crippen LogP contribution in [0.25, 0.3) is 0 Å². The molecule has 0 spiro atoms. The third kappa shape index (κ3) is 2.02. The van der Waals surface area contributed by atoms with Gasteiger partial charge in [-0.1, -0.05) is 0 Å². The van der Waals surface area contributed by atoms with E-state index in [0.29, 0.717) is 24.9 Å². The number of carbonyl (C=O) groups excluding carboxylic acids is 1. The van der Waals surface area contributed by atoms with E-state index in [4.69, 9.17) is 5.11 Å². The molecule has 1 aromatic rings. The van der Waals surface area contributed by atoms with Crippen LogP contribution in [0.1, 0.15) is 36.5 Å². The normalized spacial score (nSPS) is 17.2. The van der Waals surface area contributed by atoms with Crippen molar-refractivity contribution in [2.45, 2.75) is 38.3 Å². The van der Waals surface area contributed by atoms with Crippen LogP contribution >= 0.6 is 0 Å². The van der Waals surface area contributed by atoms with Crippen LogP contribution in [0.15, 0.2) is 12.4 Å². The van der Waals surface area contributed by atoms with E-state index in [1.807, 2.05) is 6.92 Å². The van der Waals surface area contributed by atoms with Crippen LogP contribution < -0.4 is 5.32 Å². The predicted molar refractivity (Wildman–Crippen MR) is 59.6 cm³/mol. The number of rotatable bonds is 4. The fourth-order valence-corrected chi connectivity index (χ4v) is 1.87. The molecule has 0 saturated heterocycles. The summed E-state index contributed by atoms with van der Waals surface area (Å²) in [6.07, 6.45) is 4.89. The first-order valence-corrected chi connectivity index (χ1v) is 5.66. The van der Waals surface area contributed by atoms with Gasteiger partial charge in [0.25, 0.3) is 5.91 Å². The summed E-state index contributed by atoms with van der Waals surface area (Å²) in [4.78, 5) is 23.0. The average molecular weight is 237 g/mol. The van der Waals surface area contributed by atoms with Crippen molar-refractivity contribution < 1.29 is 14.7 Å². The highest BCUT2D eigenvalue weighted by molar-refractivity contribution is 5.97. The van der Waals surface area contributed by atoms with Gasteiger partial charge in [-0.3, -0.25) is 9.48 Å². The molecule has 2 N–H and O–H groups in total. The number of carboxylic acid groups (broad SMARTS) is 1. The van der Waals surface area contributed by atoms with Crippen molar-refractivity contribution in [1.29, 1.82) is 0 Å². The first-order valence-electron chi connectivity index (χ1n) is 5.66. The smallest absolute Gasteiger partial charge is 0.329 e. The Kier molecular flexibility index (Phi) is 2.87. The highest BCUT2D eigenvalue weighted by Crippen LogP contribution is 2.32. The molecule has 1 amide bonds. The molecule has 92 valence electrons. The van der Waals surface area contributed by atoms with E-state index < -0.39 is 11.5 Å². The van der Waals surface area contributed by atoms with E-state index in [9.17, 15) is 9.59 Å². The first-order chi connectivity index (χ1) is 8.07. The van der Waals surface area contributed by atoms with Crippen molar-refractivity contribution in [3.05, 3.63) is 18.0 Å². The Labute approximate surface area is 98.6 Å². The van der Waals surface area contributed by atoms with Crippen LogP contribution in [-0.4, -0.2) is 32.3 Å². The minimum Gasteiger partial charge on any atom is -0.480 e. The van der Waals surface area contributed by atoms with Gasteiger partial charge >= 0.3 is 5.97 Å². The molecule has 2 rings (SSSR count). The maximum atomic E-state index is 11.9. The van der Waals surface area contributed by atoms with Gasteiger partial charge in [0.2, 0.25) is 0 Å². The molecular formula is C11H15N3O3. The Morgan fingerprint density at radius 1 is 1.59 bits per heavy atom. The number of carboxylic acids is 1. The van der Waals surface area contributed by atoms with E-state index in [0.717, 1.165) is 6.42 Å². The number of hydrogen-bond acceptors (Lipinski definition) is 3. The monoisotopic (exact) mass is 237 g/mol. The Hall–Kier alpha value is -1.85. The topological polar surface area (TPSA) is 84.2 Å². The number of nitrogens with one attached hydrogen (secondary N) is 1. The Bertz CT molecular complexity index is 449. The van der Waals surface area contributed by atoms with Crippen LogP contribution in [0.4, 0.5) is 0 Å². The van der Waals surface area contributed by atoms with Crippen LogP contribution in [0, 0.1) is 0 Å². The lowest BCUT2D eigenvalue weighted by Crippen LogP contribution is -2.59. The van der Waals surface area contributed by atoms with E-state index in [2.05, 4.69) is 10.4 Å². The molecule has 0 unspecified atom stereocenters. The fraction of sp³-hybridized carbons (Fsp3) is 0.545. The summed E-state index contributed by atoms with van der Waals surface area (Å²) < 4.78 is 1.63. The third-order valence-corrected chi connectivity index (χ3v) is 3.19. The van der Waals surface area contributed by atoms with Crippen molar-refractivity contribution >= 4 is 11.9 Å². The van der Waals surface area contributed by atoms with Gasteiger partial charge < -0.3 is 10.4 Å². The van der Waals surface area contributed by atoms with Crippen LogP contribution in [0.3, 0.4) is 0 Å². The van der Waals surface area contributed by atoms with E-state index >= 15 is 0 Å². The maximum Gasteiger partial charge on any atom is 0.329 e. The molecule has 1 aliphatic carbocycles. The number of aromatic nitrogens is 2. The summed E-state index contributed by atoms with van der Waals surface area (Å²) in [5.41, 5.74) is -0.662. The molecule has 0 radical (unpaired) electrons. The first kappa shape index (κ1) is 11.6. The number of aryl methyl sites for hydroxylation is 1. The molecule has 1 heterocycles. The molecule has 6 heteroatoms. The maximum absolute atomic E-state index is 11.9. The zero-order valence-corrected chi connectivity index (χ0v) is 9.64. The predicted octanol–water partition coefficient (Wildman–Crippen LogP) is 0.640. The van der Waals surface area contributed by atoms with Gasteiger partial charge in [-0.05, 0) is 26.2 Å². The second-order valence-electron chi connectivity index (χ2n) is 4.28. The van der Waals surface area contributed by atoms with Crippen molar-refractivity contribution in [1.82, 2.24) is 15.1 Å². The summed E-state index contributed by atoms with van der Waals surface area (Å²) in [7, 11) is 0. The average Bonchev–Trinajstić information content (AvgIpc) is 2.71. The largest absolute Gasteiger partial charge is 0.480 e. The second kappa shape index (κ2) is 4.20. The fourth-order valence-electron chi connectivity index (χ4n) is 1.87.